The number of rotatable bonds is 6. The lowest BCUT2D eigenvalue weighted by Crippen LogP contribution is -2.51. The highest BCUT2D eigenvalue weighted by Gasteiger charge is 2.36. The molecule has 0 spiro atoms. The third kappa shape index (κ3) is 5.42. The highest BCUT2D eigenvalue weighted by molar-refractivity contribution is 7.88. The Balaban J connectivity index is 0.00000261. The van der Waals surface area contributed by atoms with Crippen molar-refractivity contribution in [2.24, 2.45) is 5.73 Å². The van der Waals surface area contributed by atoms with Crippen molar-refractivity contribution in [2.75, 3.05) is 26.3 Å². The van der Waals surface area contributed by atoms with Crippen LogP contribution in [0.4, 0.5) is 0 Å². The van der Waals surface area contributed by atoms with Gasteiger partial charge in [-0.05, 0) is 24.0 Å². The summed E-state index contributed by atoms with van der Waals surface area (Å²) in [4.78, 5) is 12.4. The lowest BCUT2D eigenvalue weighted by Gasteiger charge is -2.26. The Morgan fingerprint density at radius 3 is 2.37 bits per heavy atom. The number of halogens is 1. The number of nitrogens with two attached hydrogens (primary N) is 1. The number of carbonyl (C=O) groups excluding carboxylic acids is 1. The van der Waals surface area contributed by atoms with Crippen LogP contribution in [0, 0.1) is 0 Å². The van der Waals surface area contributed by atoms with E-state index in [2.05, 4.69) is 5.32 Å². The minimum Gasteiger partial charge on any atom is -0.379 e. The molecule has 3 N–H and O–H groups in total. The normalized spacial score (nSPS) is 20.0. The molecule has 1 aliphatic heterocycles. The first-order valence-electron chi connectivity index (χ1n) is 9.10. The highest BCUT2D eigenvalue weighted by atomic mass is 35.5. The molecule has 0 aromatic heterocycles. The van der Waals surface area contributed by atoms with Gasteiger partial charge in [-0.25, -0.2) is 8.42 Å². The van der Waals surface area contributed by atoms with Gasteiger partial charge in [-0.1, -0.05) is 37.1 Å². The fourth-order valence-electron chi connectivity index (χ4n) is 3.57. The number of nitrogens with zero attached hydrogens (tertiary/aromatic N) is 1. The largest absolute Gasteiger partial charge is 0.379 e. The summed E-state index contributed by atoms with van der Waals surface area (Å²) in [6, 6.07) is 7.31. The van der Waals surface area contributed by atoms with Gasteiger partial charge in [-0.2, -0.15) is 4.31 Å². The highest BCUT2D eigenvalue weighted by Crippen LogP contribution is 2.27. The van der Waals surface area contributed by atoms with Crippen LogP contribution in [-0.4, -0.2) is 50.5 Å². The Bertz CT molecular complexity index is 745. The number of amides is 1. The Hall–Kier alpha value is -1.19. The Morgan fingerprint density at radius 2 is 1.74 bits per heavy atom. The number of morpholine rings is 1. The van der Waals surface area contributed by atoms with E-state index in [0.717, 1.165) is 18.4 Å². The summed E-state index contributed by atoms with van der Waals surface area (Å²) in [5.74, 6) is -0.229. The average molecular weight is 418 g/mol. The third-order valence-electron chi connectivity index (χ3n) is 5.21. The van der Waals surface area contributed by atoms with Crippen molar-refractivity contribution in [3.63, 3.8) is 0 Å². The predicted octanol–water partition coefficient (Wildman–Crippen LogP) is 1.16. The van der Waals surface area contributed by atoms with Gasteiger partial charge in [0.25, 0.3) is 0 Å². The van der Waals surface area contributed by atoms with Crippen LogP contribution in [0.1, 0.15) is 36.8 Å². The molecule has 1 aromatic carbocycles. The molecule has 7 nitrogen and oxygen atoms in total. The molecule has 0 bridgehead atoms. The van der Waals surface area contributed by atoms with Gasteiger partial charge in [-0.3, -0.25) is 4.79 Å². The molecule has 2 fully saturated rings. The van der Waals surface area contributed by atoms with E-state index in [4.69, 9.17) is 10.5 Å². The number of nitrogens with one attached hydrogen (secondary N) is 1. The van der Waals surface area contributed by atoms with E-state index < -0.39 is 15.6 Å². The molecule has 1 heterocycles. The van der Waals surface area contributed by atoms with Gasteiger partial charge in [0.05, 0.1) is 24.5 Å². The van der Waals surface area contributed by atoms with Crippen LogP contribution in [-0.2, 0) is 31.9 Å². The zero-order valence-corrected chi connectivity index (χ0v) is 17.0. The monoisotopic (exact) mass is 417 g/mol. The maximum absolute atomic E-state index is 12.7. The molecule has 1 amide bonds. The van der Waals surface area contributed by atoms with Crippen LogP contribution >= 0.6 is 12.4 Å². The first-order chi connectivity index (χ1) is 12.4. The maximum atomic E-state index is 12.7. The number of hydrogen-bond donors (Lipinski definition) is 2. The molecule has 0 radical (unpaired) electrons. The van der Waals surface area contributed by atoms with Crippen LogP contribution in [0.15, 0.2) is 24.3 Å². The molecule has 1 aromatic rings. The van der Waals surface area contributed by atoms with E-state index in [0.29, 0.717) is 44.7 Å². The molecule has 27 heavy (non-hydrogen) atoms. The summed E-state index contributed by atoms with van der Waals surface area (Å²) < 4.78 is 32.0. The number of carbonyl (C=O) groups is 1. The van der Waals surface area contributed by atoms with Crippen molar-refractivity contribution in [1.29, 1.82) is 0 Å². The lowest BCUT2D eigenvalue weighted by atomic mass is 9.98. The summed E-state index contributed by atoms with van der Waals surface area (Å²) in [5.41, 5.74) is 6.90. The molecule has 0 atom stereocenters. The SMILES string of the molecule is Cl.NC1(C(=O)NCc2ccccc2CS(=O)(=O)N2CCOCC2)CCCC1. The smallest absolute Gasteiger partial charge is 0.240 e. The number of benzene rings is 1. The molecular formula is C18H28ClN3O4S. The maximum Gasteiger partial charge on any atom is 0.240 e. The van der Waals surface area contributed by atoms with E-state index in [1.807, 2.05) is 18.2 Å². The molecule has 3 rings (SSSR count). The Kier molecular flexibility index (Phi) is 7.64. The Labute approximate surface area is 167 Å². The van der Waals surface area contributed by atoms with Gasteiger partial charge in [0, 0.05) is 19.6 Å². The van der Waals surface area contributed by atoms with Gasteiger partial charge in [0.1, 0.15) is 0 Å². The van der Waals surface area contributed by atoms with E-state index in [1.54, 1.807) is 6.07 Å². The fourth-order valence-corrected chi connectivity index (χ4v) is 5.13. The lowest BCUT2D eigenvalue weighted by molar-refractivity contribution is -0.126. The first-order valence-corrected chi connectivity index (χ1v) is 10.7. The van der Waals surface area contributed by atoms with E-state index in [-0.39, 0.29) is 30.6 Å². The number of sulfonamides is 1. The predicted molar refractivity (Wildman–Crippen MR) is 106 cm³/mol. The van der Waals surface area contributed by atoms with Crippen molar-refractivity contribution in [3.8, 4) is 0 Å². The zero-order chi connectivity index (χ0) is 18.6. The Morgan fingerprint density at radius 1 is 1.15 bits per heavy atom. The minimum atomic E-state index is -3.41. The van der Waals surface area contributed by atoms with E-state index >= 15 is 0 Å². The quantitative estimate of drug-likeness (QED) is 0.723. The number of hydrogen-bond acceptors (Lipinski definition) is 5. The summed E-state index contributed by atoms with van der Waals surface area (Å²) in [6.07, 6.45) is 3.34. The molecule has 9 heteroatoms. The second-order valence-electron chi connectivity index (χ2n) is 7.08. The van der Waals surface area contributed by atoms with Gasteiger partial charge >= 0.3 is 0 Å². The van der Waals surface area contributed by atoms with Crippen LogP contribution in [0.2, 0.25) is 0 Å². The van der Waals surface area contributed by atoms with Crippen molar-refractivity contribution in [3.05, 3.63) is 35.4 Å². The summed E-state index contributed by atoms with van der Waals surface area (Å²) >= 11 is 0. The molecule has 1 aliphatic carbocycles. The topological polar surface area (TPSA) is 102 Å². The van der Waals surface area contributed by atoms with Gasteiger partial charge < -0.3 is 15.8 Å². The molecule has 1 saturated heterocycles. The van der Waals surface area contributed by atoms with Crippen molar-refractivity contribution >= 4 is 28.3 Å². The summed E-state index contributed by atoms with van der Waals surface area (Å²) in [5, 5.41) is 2.89. The van der Waals surface area contributed by atoms with Crippen LogP contribution in [0.25, 0.3) is 0 Å². The van der Waals surface area contributed by atoms with Crippen molar-refractivity contribution in [1.82, 2.24) is 9.62 Å². The third-order valence-corrected chi connectivity index (χ3v) is 7.03. The second-order valence-corrected chi connectivity index (χ2v) is 9.05. The minimum absolute atomic E-state index is 0. The second kappa shape index (κ2) is 9.34. The van der Waals surface area contributed by atoms with Crippen LogP contribution in [0.5, 0.6) is 0 Å². The molecule has 152 valence electrons. The molecule has 1 saturated carbocycles. The van der Waals surface area contributed by atoms with E-state index in [9.17, 15) is 13.2 Å². The molecule has 0 unspecified atom stereocenters. The molecular weight excluding hydrogens is 390 g/mol. The van der Waals surface area contributed by atoms with Crippen LogP contribution < -0.4 is 11.1 Å². The molecule has 2 aliphatic rings. The van der Waals surface area contributed by atoms with Gasteiger partial charge in [0.2, 0.25) is 15.9 Å². The van der Waals surface area contributed by atoms with Crippen molar-refractivity contribution in [2.45, 2.75) is 43.5 Å². The van der Waals surface area contributed by atoms with Gasteiger partial charge in [0.15, 0.2) is 0 Å². The van der Waals surface area contributed by atoms with Crippen LogP contribution in [0.3, 0.4) is 0 Å². The number of ether oxygens (including phenoxy) is 1. The van der Waals surface area contributed by atoms with Gasteiger partial charge in [-0.15, -0.1) is 12.4 Å². The average Bonchev–Trinajstić information content (AvgIpc) is 3.09. The summed E-state index contributed by atoms with van der Waals surface area (Å²) in [7, 11) is -3.41. The van der Waals surface area contributed by atoms with E-state index in [1.165, 1.54) is 4.31 Å². The fraction of sp³-hybridized carbons (Fsp3) is 0.611. The standard InChI is InChI=1S/C18H27N3O4S.ClH/c19-18(7-3-4-8-18)17(22)20-13-15-5-1-2-6-16(15)14-26(23,24)21-9-11-25-12-10-21;/h1-2,5-6H,3-4,7-14,19H2,(H,20,22);1H. The van der Waals surface area contributed by atoms with Crippen molar-refractivity contribution < 1.29 is 17.9 Å². The summed E-state index contributed by atoms with van der Waals surface area (Å²) in [6.45, 7) is 1.91. The zero-order valence-electron chi connectivity index (χ0n) is 15.4. The first kappa shape index (κ1) is 22.1.